The number of carbonyl (C=O) groups is 1. The molecule has 1 heterocycles. The molecular weight excluding hydrogens is 251 g/mol. The summed E-state index contributed by atoms with van der Waals surface area (Å²) in [6.07, 6.45) is 1.43. The molecule has 0 aromatic carbocycles. The van der Waals surface area contributed by atoms with Crippen molar-refractivity contribution in [1.29, 1.82) is 0 Å². The molecular formula is C13H19FN2O3. The van der Waals surface area contributed by atoms with Crippen LogP contribution >= 0.6 is 0 Å². The molecule has 0 saturated carbocycles. The zero-order valence-corrected chi connectivity index (χ0v) is 11.4. The summed E-state index contributed by atoms with van der Waals surface area (Å²) in [7, 11) is 0. The lowest BCUT2D eigenvalue weighted by molar-refractivity contribution is 0.0525. The first-order valence-corrected chi connectivity index (χ1v) is 6.08. The number of halogens is 1. The molecule has 0 aliphatic rings. The highest BCUT2D eigenvalue weighted by molar-refractivity contribution is 5.67. The van der Waals surface area contributed by atoms with Gasteiger partial charge in [0.05, 0.1) is 6.61 Å². The van der Waals surface area contributed by atoms with Crippen LogP contribution in [0.25, 0.3) is 0 Å². The van der Waals surface area contributed by atoms with E-state index in [4.69, 9.17) is 9.47 Å². The maximum absolute atomic E-state index is 13.1. The van der Waals surface area contributed by atoms with Crippen molar-refractivity contribution < 1.29 is 18.7 Å². The Balaban J connectivity index is 2.15. The van der Waals surface area contributed by atoms with Gasteiger partial charge >= 0.3 is 6.09 Å². The molecule has 0 aliphatic carbocycles. The Kier molecular flexibility index (Phi) is 5.54. The van der Waals surface area contributed by atoms with Crippen LogP contribution in [0.1, 0.15) is 27.2 Å². The van der Waals surface area contributed by atoms with Gasteiger partial charge < -0.3 is 14.8 Å². The minimum atomic E-state index is -0.636. The highest BCUT2D eigenvalue weighted by atomic mass is 19.1. The molecule has 0 radical (unpaired) electrons. The molecule has 0 saturated heterocycles. The van der Waals surface area contributed by atoms with Crippen LogP contribution in [-0.2, 0) is 4.74 Å². The third-order valence-electron chi connectivity index (χ3n) is 1.97. The number of carbonyl (C=O) groups excluding carboxylic acids is 1. The van der Waals surface area contributed by atoms with E-state index in [1.165, 1.54) is 12.3 Å². The van der Waals surface area contributed by atoms with Crippen LogP contribution < -0.4 is 10.1 Å². The standard InChI is InChI=1S/C13H19FN2O3/c1-13(2,3)19-12(17)16-8-5-9-18-10-6-4-7-15-11(10)14/h4,6-7H,5,8-9H2,1-3H3,(H,16,17). The Hall–Kier alpha value is -1.85. The van der Waals surface area contributed by atoms with E-state index in [2.05, 4.69) is 10.3 Å². The quantitative estimate of drug-likeness (QED) is 0.659. The van der Waals surface area contributed by atoms with E-state index in [9.17, 15) is 9.18 Å². The summed E-state index contributed by atoms with van der Waals surface area (Å²) in [5.74, 6) is -0.526. The summed E-state index contributed by atoms with van der Waals surface area (Å²) in [6.45, 7) is 6.07. The minimum Gasteiger partial charge on any atom is -0.489 e. The van der Waals surface area contributed by atoms with Crippen molar-refractivity contribution in [3.8, 4) is 5.75 Å². The summed E-state index contributed by atoms with van der Waals surface area (Å²) >= 11 is 0. The van der Waals surface area contributed by atoms with E-state index in [0.29, 0.717) is 19.6 Å². The van der Waals surface area contributed by atoms with Gasteiger partial charge in [-0.15, -0.1) is 0 Å². The van der Waals surface area contributed by atoms with Crippen LogP contribution in [0.4, 0.5) is 9.18 Å². The zero-order chi connectivity index (χ0) is 14.3. The number of nitrogens with one attached hydrogen (secondary N) is 1. The first kappa shape index (κ1) is 15.2. The van der Waals surface area contributed by atoms with Crippen molar-refractivity contribution in [3.05, 3.63) is 24.3 Å². The highest BCUT2D eigenvalue weighted by Crippen LogP contribution is 2.12. The molecule has 1 amide bonds. The Labute approximate surface area is 112 Å². The SMILES string of the molecule is CC(C)(C)OC(=O)NCCCOc1cccnc1F. The zero-order valence-electron chi connectivity index (χ0n) is 11.4. The molecule has 1 aromatic rings. The fourth-order valence-electron chi connectivity index (χ4n) is 1.24. The van der Waals surface area contributed by atoms with Gasteiger partial charge in [0, 0.05) is 12.7 Å². The molecule has 0 fully saturated rings. The van der Waals surface area contributed by atoms with Gasteiger partial charge in [0.15, 0.2) is 5.75 Å². The first-order chi connectivity index (χ1) is 8.88. The summed E-state index contributed by atoms with van der Waals surface area (Å²) < 4.78 is 23.3. The molecule has 6 heteroatoms. The van der Waals surface area contributed by atoms with Crippen molar-refractivity contribution in [2.45, 2.75) is 32.8 Å². The number of alkyl carbamates (subject to hydrolysis) is 1. The predicted octanol–water partition coefficient (Wildman–Crippen LogP) is 2.51. The molecule has 0 spiro atoms. The van der Waals surface area contributed by atoms with Crippen LogP contribution in [0.2, 0.25) is 0 Å². The average Bonchev–Trinajstić information content (AvgIpc) is 2.28. The van der Waals surface area contributed by atoms with E-state index >= 15 is 0 Å². The number of ether oxygens (including phenoxy) is 2. The molecule has 0 aliphatic heterocycles. The van der Waals surface area contributed by atoms with E-state index in [0.717, 1.165) is 0 Å². The number of rotatable bonds is 5. The van der Waals surface area contributed by atoms with Gasteiger partial charge in [-0.3, -0.25) is 0 Å². The van der Waals surface area contributed by atoms with E-state index in [1.807, 2.05) is 0 Å². The van der Waals surface area contributed by atoms with Crippen molar-refractivity contribution in [1.82, 2.24) is 10.3 Å². The normalized spacial score (nSPS) is 10.9. The topological polar surface area (TPSA) is 60.5 Å². The monoisotopic (exact) mass is 270 g/mol. The van der Waals surface area contributed by atoms with Crippen LogP contribution in [0.3, 0.4) is 0 Å². The number of hydrogen-bond donors (Lipinski definition) is 1. The van der Waals surface area contributed by atoms with Crippen molar-refractivity contribution in [2.24, 2.45) is 0 Å². The fourth-order valence-corrected chi connectivity index (χ4v) is 1.24. The molecule has 0 atom stereocenters. The number of hydrogen-bond acceptors (Lipinski definition) is 4. The lowest BCUT2D eigenvalue weighted by Crippen LogP contribution is -2.33. The van der Waals surface area contributed by atoms with Crippen molar-refractivity contribution in [2.75, 3.05) is 13.2 Å². The summed E-state index contributed by atoms with van der Waals surface area (Å²) in [4.78, 5) is 14.8. The lowest BCUT2D eigenvalue weighted by Gasteiger charge is -2.19. The lowest BCUT2D eigenvalue weighted by atomic mass is 10.2. The number of pyridine rings is 1. The Morgan fingerprint density at radius 1 is 1.47 bits per heavy atom. The van der Waals surface area contributed by atoms with E-state index in [1.54, 1.807) is 26.8 Å². The molecule has 19 heavy (non-hydrogen) atoms. The molecule has 0 unspecified atom stereocenters. The van der Waals surface area contributed by atoms with Crippen LogP contribution in [0.15, 0.2) is 18.3 Å². The van der Waals surface area contributed by atoms with Gasteiger partial charge in [-0.05, 0) is 39.3 Å². The third kappa shape index (κ3) is 6.59. The maximum Gasteiger partial charge on any atom is 0.407 e. The Bertz CT molecular complexity index is 419. The second-order valence-corrected chi connectivity index (χ2v) is 4.92. The van der Waals surface area contributed by atoms with E-state index in [-0.39, 0.29) is 5.75 Å². The minimum absolute atomic E-state index is 0.111. The predicted molar refractivity (Wildman–Crippen MR) is 68.5 cm³/mol. The van der Waals surface area contributed by atoms with Crippen molar-refractivity contribution in [3.63, 3.8) is 0 Å². The smallest absolute Gasteiger partial charge is 0.407 e. The van der Waals surface area contributed by atoms with Gasteiger partial charge in [-0.2, -0.15) is 4.39 Å². The molecule has 1 aromatic heterocycles. The number of amides is 1. The Morgan fingerprint density at radius 2 is 2.21 bits per heavy atom. The first-order valence-electron chi connectivity index (χ1n) is 6.08. The molecule has 106 valence electrons. The summed E-state index contributed by atoms with van der Waals surface area (Å²) in [5, 5.41) is 2.59. The molecule has 5 nitrogen and oxygen atoms in total. The number of nitrogens with zero attached hydrogens (tertiary/aromatic N) is 1. The second-order valence-electron chi connectivity index (χ2n) is 4.92. The second kappa shape index (κ2) is 6.92. The van der Waals surface area contributed by atoms with Gasteiger partial charge in [0.25, 0.3) is 5.95 Å². The average molecular weight is 270 g/mol. The van der Waals surface area contributed by atoms with Crippen LogP contribution in [-0.4, -0.2) is 29.8 Å². The number of aromatic nitrogens is 1. The van der Waals surface area contributed by atoms with Crippen LogP contribution in [0.5, 0.6) is 5.75 Å². The van der Waals surface area contributed by atoms with Gasteiger partial charge in [-0.1, -0.05) is 0 Å². The Morgan fingerprint density at radius 3 is 2.84 bits per heavy atom. The van der Waals surface area contributed by atoms with E-state index < -0.39 is 17.6 Å². The van der Waals surface area contributed by atoms with Gasteiger partial charge in [-0.25, -0.2) is 9.78 Å². The van der Waals surface area contributed by atoms with Gasteiger partial charge in [0.1, 0.15) is 5.60 Å². The fraction of sp³-hybridized carbons (Fsp3) is 0.538. The molecule has 1 N–H and O–H groups in total. The molecule has 1 rings (SSSR count). The third-order valence-corrected chi connectivity index (χ3v) is 1.97. The highest BCUT2D eigenvalue weighted by Gasteiger charge is 2.15. The van der Waals surface area contributed by atoms with Crippen molar-refractivity contribution >= 4 is 6.09 Å². The maximum atomic E-state index is 13.1. The van der Waals surface area contributed by atoms with Crippen LogP contribution in [0, 0.1) is 5.95 Å². The largest absolute Gasteiger partial charge is 0.489 e. The van der Waals surface area contributed by atoms with Gasteiger partial charge in [0.2, 0.25) is 0 Å². The summed E-state index contributed by atoms with van der Waals surface area (Å²) in [6, 6.07) is 3.10. The molecule has 0 bridgehead atoms. The summed E-state index contributed by atoms with van der Waals surface area (Å²) in [5.41, 5.74) is -0.514.